The smallest absolute Gasteiger partial charge is 0.319 e. The van der Waals surface area contributed by atoms with Crippen LogP contribution in [0.25, 0.3) is 0 Å². The monoisotopic (exact) mass is 320 g/mol. The summed E-state index contributed by atoms with van der Waals surface area (Å²) >= 11 is 0. The van der Waals surface area contributed by atoms with Crippen molar-refractivity contribution in [1.82, 2.24) is 15.5 Å². The van der Waals surface area contributed by atoms with Crippen molar-refractivity contribution in [1.29, 1.82) is 0 Å². The zero-order chi connectivity index (χ0) is 16.5. The summed E-state index contributed by atoms with van der Waals surface area (Å²) in [7, 11) is 1.58. The summed E-state index contributed by atoms with van der Waals surface area (Å²) < 4.78 is 5.29. The Morgan fingerprint density at radius 3 is 2.52 bits per heavy atom. The van der Waals surface area contributed by atoms with Crippen LogP contribution in [-0.4, -0.2) is 63.3 Å². The molecule has 0 bridgehead atoms. The molecule has 0 unspecified atom stereocenters. The lowest BCUT2D eigenvalue weighted by molar-refractivity contribution is 0.0375. The SMILES string of the molecule is CNC(=O)c1ccc(NC(=O)NCCCN2CCOCC2)cc1. The summed E-state index contributed by atoms with van der Waals surface area (Å²) in [5.74, 6) is -0.149. The first kappa shape index (κ1) is 17.2. The van der Waals surface area contributed by atoms with Crippen molar-refractivity contribution in [3.05, 3.63) is 29.8 Å². The molecular weight excluding hydrogens is 296 g/mol. The van der Waals surface area contributed by atoms with E-state index in [9.17, 15) is 9.59 Å². The van der Waals surface area contributed by atoms with Crippen molar-refractivity contribution >= 4 is 17.6 Å². The molecule has 2 rings (SSSR count). The molecule has 1 aliphatic rings. The van der Waals surface area contributed by atoms with Crippen LogP contribution in [-0.2, 0) is 4.74 Å². The van der Waals surface area contributed by atoms with Gasteiger partial charge < -0.3 is 20.7 Å². The number of anilines is 1. The fourth-order valence-corrected chi connectivity index (χ4v) is 2.35. The lowest BCUT2D eigenvalue weighted by Gasteiger charge is -2.26. The second-order valence-electron chi connectivity index (χ2n) is 5.34. The average molecular weight is 320 g/mol. The van der Waals surface area contributed by atoms with Crippen molar-refractivity contribution in [2.75, 3.05) is 51.8 Å². The summed E-state index contributed by atoms with van der Waals surface area (Å²) in [4.78, 5) is 25.6. The van der Waals surface area contributed by atoms with Crippen LogP contribution in [0.2, 0.25) is 0 Å². The van der Waals surface area contributed by atoms with Crippen LogP contribution in [0.1, 0.15) is 16.8 Å². The molecule has 0 radical (unpaired) electrons. The predicted molar refractivity (Wildman–Crippen MR) is 88.7 cm³/mol. The zero-order valence-electron chi connectivity index (χ0n) is 13.4. The van der Waals surface area contributed by atoms with Gasteiger partial charge in [0.15, 0.2) is 0 Å². The van der Waals surface area contributed by atoms with Gasteiger partial charge in [0.2, 0.25) is 0 Å². The third-order valence-corrected chi connectivity index (χ3v) is 3.67. The molecule has 1 aliphatic heterocycles. The molecule has 0 spiro atoms. The fraction of sp³-hybridized carbons (Fsp3) is 0.500. The van der Waals surface area contributed by atoms with Gasteiger partial charge in [-0.05, 0) is 37.2 Å². The number of amides is 3. The van der Waals surface area contributed by atoms with Crippen molar-refractivity contribution in [3.8, 4) is 0 Å². The Morgan fingerprint density at radius 1 is 1.17 bits per heavy atom. The van der Waals surface area contributed by atoms with Crippen molar-refractivity contribution in [2.45, 2.75) is 6.42 Å². The molecule has 1 aromatic carbocycles. The second kappa shape index (κ2) is 9.12. The van der Waals surface area contributed by atoms with Gasteiger partial charge in [-0.2, -0.15) is 0 Å². The molecule has 1 heterocycles. The van der Waals surface area contributed by atoms with Crippen molar-refractivity contribution < 1.29 is 14.3 Å². The molecular formula is C16H24N4O3. The Kier molecular flexibility index (Phi) is 6.83. The Balaban J connectivity index is 1.65. The van der Waals surface area contributed by atoms with E-state index in [0.717, 1.165) is 39.3 Å². The van der Waals surface area contributed by atoms with Gasteiger partial charge in [0, 0.05) is 37.9 Å². The van der Waals surface area contributed by atoms with E-state index in [1.165, 1.54) is 0 Å². The third kappa shape index (κ3) is 5.88. The van der Waals surface area contributed by atoms with Crippen molar-refractivity contribution in [3.63, 3.8) is 0 Å². The fourth-order valence-electron chi connectivity index (χ4n) is 2.35. The summed E-state index contributed by atoms with van der Waals surface area (Å²) in [6.45, 7) is 5.09. The van der Waals surface area contributed by atoms with Crippen LogP contribution in [0.3, 0.4) is 0 Å². The van der Waals surface area contributed by atoms with Crippen LogP contribution in [0.5, 0.6) is 0 Å². The highest BCUT2D eigenvalue weighted by atomic mass is 16.5. The number of morpholine rings is 1. The highest BCUT2D eigenvalue weighted by molar-refractivity contribution is 5.95. The predicted octanol–water partition coefficient (Wildman–Crippen LogP) is 0.890. The standard InChI is InChI=1S/C16H24N4O3/c1-17-15(21)13-3-5-14(6-4-13)19-16(22)18-7-2-8-20-9-11-23-12-10-20/h3-6H,2,7-12H2,1H3,(H,17,21)(H2,18,19,22). The molecule has 1 fully saturated rings. The maximum absolute atomic E-state index is 11.8. The van der Waals surface area contributed by atoms with E-state index in [2.05, 4.69) is 20.9 Å². The lowest BCUT2D eigenvalue weighted by atomic mass is 10.2. The number of carbonyl (C=O) groups is 2. The molecule has 1 aromatic rings. The first-order chi connectivity index (χ1) is 11.2. The van der Waals surface area contributed by atoms with E-state index in [1.807, 2.05) is 0 Å². The minimum Gasteiger partial charge on any atom is -0.379 e. The average Bonchev–Trinajstić information content (AvgIpc) is 2.59. The molecule has 0 aromatic heterocycles. The van der Waals surface area contributed by atoms with E-state index in [0.29, 0.717) is 17.8 Å². The van der Waals surface area contributed by atoms with Gasteiger partial charge in [0.1, 0.15) is 0 Å². The summed E-state index contributed by atoms with van der Waals surface area (Å²) in [6, 6.07) is 6.52. The van der Waals surface area contributed by atoms with E-state index >= 15 is 0 Å². The van der Waals surface area contributed by atoms with Gasteiger partial charge in [-0.1, -0.05) is 0 Å². The third-order valence-electron chi connectivity index (χ3n) is 3.67. The number of hydrogen-bond donors (Lipinski definition) is 3. The van der Waals surface area contributed by atoms with Crippen molar-refractivity contribution in [2.24, 2.45) is 0 Å². The molecule has 7 nitrogen and oxygen atoms in total. The topological polar surface area (TPSA) is 82.7 Å². The summed E-state index contributed by atoms with van der Waals surface area (Å²) in [5, 5.41) is 8.13. The lowest BCUT2D eigenvalue weighted by Crippen LogP contribution is -2.38. The Labute approximate surface area is 136 Å². The Bertz CT molecular complexity index is 513. The Hall–Kier alpha value is -2.12. The number of hydrogen-bond acceptors (Lipinski definition) is 4. The summed E-state index contributed by atoms with van der Waals surface area (Å²) in [6.07, 6.45) is 0.906. The first-order valence-electron chi connectivity index (χ1n) is 7.86. The zero-order valence-corrected chi connectivity index (χ0v) is 13.4. The molecule has 7 heteroatoms. The van der Waals surface area contributed by atoms with Crippen LogP contribution < -0.4 is 16.0 Å². The highest BCUT2D eigenvalue weighted by Crippen LogP contribution is 2.09. The molecule has 23 heavy (non-hydrogen) atoms. The van der Waals surface area contributed by atoms with E-state index in [-0.39, 0.29) is 11.9 Å². The Morgan fingerprint density at radius 2 is 1.87 bits per heavy atom. The van der Waals surface area contributed by atoms with Crippen LogP contribution in [0.4, 0.5) is 10.5 Å². The maximum Gasteiger partial charge on any atom is 0.319 e. The number of nitrogens with zero attached hydrogens (tertiary/aromatic N) is 1. The van der Waals surface area contributed by atoms with E-state index < -0.39 is 0 Å². The van der Waals surface area contributed by atoms with Gasteiger partial charge in [-0.25, -0.2) is 4.79 Å². The maximum atomic E-state index is 11.8. The molecule has 0 saturated carbocycles. The number of rotatable bonds is 6. The number of ether oxygens (including phenoxy) is 1. The number of urea groups is 1. The number of benzene rings is 1. The number of nitrogens with one attached hydrogen (secondary N) is 3. The minimum atomic E-state index is -0.236. The van der Waals surface area contributed by atoms with Crippen LogP contribution >= 0.6 is 0 Å². The van der Waals surface area contributed by atoms with Crippen LogP contribution in [0, 0.1) is 0 Å². The summed E-state index contributed by atoms with van der Waals surface area (Å²) in [5.41, 5.74) is 1.22. The van der Waals surface area contributed by atoms with E-state index in [4.69, 9.17) is 4.74 Å². The molecule has 1 saturated heterocycles. The van der Waals surface area contributed by atoms with Crippen LogP contribution in [0.15, 0.2) is 24.3 Å². The first-order valence-corrected chi connectivity index (χ1v) is 7.86. The van der Waals surface area contributed by atoms with Gasteiger partial charge in [0.25, 0.3) is 5.91 Å². The van der Waals surface area contributed by atoms with E-state index in [1.54, 1.807) is 31.3 Å². The molecule has 3 N–H and O–H groups in total. The highest BCUT2D eigenvalue weighted by Gasteiger charge is 2.09. The van der Waals surface area contributed by atoms with Gasteiger partial charge in [0.05, 0.1) is 13.2 Å². The molecule has 126 valence electrons. The van der Waals surface area contributed by atoms with Gasteiger partial charge in [-0.3, -0.25) is 9.69 Å². The molecule has 3 amide bonds. The van der Waals surface area contributed by atoms with Gasteiger partial charge >= 0.3 is 6.03 Å². The largest absolute Gasteiger partial charge is 0.379 e. The van der Waals surface area contributed by atoms with Gasteiger partial charge in [-0.15, -0.1) is 0 Å². The quantitative estimate of drug-likeness (QED) is 0.680. The normalized spacial score (nSPS) is 15.0. The minimum absolute atomic E-state index is 0.149. The molecule has 0 atom stereocenters. The molecule has 0 aliphatic carbocycles. The second-order valence-corrected chi connectivity index (χ2v) is 5.34. The number of carbonyl (C=O) groups excluding carboxylic acids is 2.